The smallest absolute Gasteiger partial charge is 0.240 e. The van der Waals surface area contributed by atoms with E-state index in [0.29, 0.717) is 19.1 Å². The van der Waals surface area contributed by atoms with Crippen molar-refractivity contribution in [2.75, 3.05) is 26.2 Å². The lowest BCUT2D eigenvalue weighted by Gasteiger charge is -2.33. The lowest BCUT2D eigenvalue weighted by Crippen LogP contribution is -2.45. The highest BCUT2D eigenvalue weighted by Crippen LogP contribution is 2.21. The second-order valence-corrected chi connectivity index (χ2v) is 5.74. The molecule has 1 N–H and O–H groups in total. The van der Waals surface area contributed by atoms with Crippen LogP contribution >= 0.6 is 0 Å². The van der Waals surface area contributed by atoms with E-state index in [9.17, 15) is 9.90 Å². The molecule has 0 aromatic carbocycles. The molecular weight excluding hydrogens is 264 g/mol. The van der Waals surface area contributed by atoms with E-state index < -0.39 is 0 Å². The molecule has 1 amide bonds. The van der Waals surface area contributed by atoms with Gasteiger partial charge in [0.15, 0.2) is 0 Å². The third kappa shape index (κ3) is 5.44. The first kappa shape index (κ1) is 18.2. The molecule has 1 aliphatic carbocycles. The number of likely N-dealkylation sites (N-methyl/N-ethyl adjacent to an activating group) is 1. The zero-order valence-corrected chi connectivity index (χ0v) is 14.0. The number of hydrogen-bond acceptors (Lipinski definition) is 3. The van der Waals surface area contributed by atoms with Crippen LogP contribution in [-0.4, -0.2) is 53.1 Å². The van der Waals surface area contributed by atoms with E-state index in [4.69, 9.17) is 0 Å². The van der Waals surface area contributed by atoms with E-state index in [2.05, 4.69) is 24.8 Å². The van der Waals surface area contributed by atoms with Crippen molar-refractivity contribution >= 4 is 5.91 Å². The molecule has 4 heteroatoms. The van der Waals surface area contributed by atoms with E-state index >= 15 is 0 Å². The van der Waals surface area contributed by atoms with Crippen LogP contribution in [0.2, 0.25) is 0 Å². The molecule has 0 heterocycles. The van der Waals surface area contributed by atoms with Gasteiger partial charge < -0.3 is 10.0 Å². The summed E-state index contributed by atoms with van der Waals surface area (Å²) in [4.78, 5) is 16.7. The van der Waals surface area contributed by atoms with Crippen molar-refractivity contribution in [1.82, 2.24) is 9.80 Å². The van der Waals surface area contributed by atoms with Crippen LogP contribution in [0.15, 0.2) is 11.8 Å². The maximum Gasteiger partial charge on any atom is 0.240 e. The molecule has 0 fully saturated rings. The molecule has 1 rings (SSSR count). The molecule has 0 atom stereocenters. The highest BCUT2D eigenvalue weighted by molar-refractivity contribution is 5.80. The SMILES string of the molecule is CCC(CC)N(CCO)CC(=O)N(CC)C1=CCCCC1. The van der Waals surface area contributed by atoms with E-state index in [0.717, 1.165) is 32.2 Å². The van der Waals surface area contributed by atoms with Crippen LogP contribution < -0.4 is 0 Å². The Balaban J connectivity index is 2.71. The molecular formula is C17H32N2O2. The first-order valence-electron chi connectivity index (χ1n) is 8.52. The molecule has 1 aliphatic rings. The van der Waals surface area contributed by atoms with Gasteiger partial charge in [0.25, 0.3) is 0 Å². The van der Waals surface area contributed by atoms with Gasteiger partial charge in [-0.25, -0.2) is 0 Å². The number of carbonyl (C=O) groups is 1. The number of amides is 1. The Hall–Kier alpha value is -0.870. The van der Waals surface area contributed by atoms with Gasteiger partial charge in [-0.2, -0.15) is 0 Å². The normalized spacial score (nSPS) is 15.4. The molecule has 4 nitrogen and oxygen atoms in total. The van der Waals surface area contributed by atoms with Crippen molar-refractivity contribution in [3.8, 4) is 0 Å². The molecule has 0 unspecified atom stereocenters. The van der Waals surface area contributed by atoms with Crippen molar-refractivity contribution in [1.29, 1.82) is 0 Å². The number of nitrogens with zero attached hydrogens (tertiary/aromatic N) is 2. The monoisotopic (exact) mass is 296 g/mol. The maximum absolute atomic E-state index is 12.7. The predicted molar refractivity (Wildman–Crippen MR) is 87.0 cm³/mol. The van der Waals surface area contributed by atoms with Gasteiger partial charge in [-0.3, -0.25) is 9.69 Å². The second-order valence-electron chi connectivity index (χ2n) is 5.74. The largest absolute Gasteiger partial charge is 0.395 e. The Morgan fingerprint density at radius 2 is 2.00 bits per heavy atom. The van der Waals surface area contributed by atoms with Gasteiger partial charge in [-0.05, 0) is 45.4 Å². The highest BCUT2D eigenvalue weighted by Gasteiger charge is 2.23. The van der Waals surface area contributed by atoms with Crippen molar-refractivity contribution < 1.29 is 9.90 Å². The van der Waals surface area contributed by atoms with Gasteiger partial charge in [0, 0.05) is 24.8 Å². The molecule has 0 saturated heterocycles. The topological polar surface area (TPSA) is 43.8 Å². The highest BCUT2D eigenvalue weighted by atomic mass is 16.3. The molecule has 122 valence electrons. The molecule has 0 aromatic rings. The average molecular weight is 296 g/mol. The molecule has 21 heavy (non-hydrogen) atoms. The fraction of sp³-hybridized carbons (Fsp3) is 0.824. The number of carbonyl (C=O) groups excluding carboxylic acids is 1. The zero-order chi connectivity index (χ0) is 15.7. The number of aliphatic hydroxyl groups excluding tert-OH is 1. The molecule has 0 spiro atoms. The van der Waals surface area contributed by atoms with Gasteiger partial charge in [0.05, 0.1) is 13.2 Å². The van der Waals surface area contributed by atoms with E-state index in [1.54, 1.807) is 0 Å². The van der Waals surface area contributed by atoms with Crippen LogP contribution in [0, 0.1) is 0 Å². The zero-order valence-electron chi connectivity index (χ0n) is 14.0. The summed E-state index contributed by atoms with van der Waals surface area (Å²) in [6.07, 6.45) is 8.77. The number of rotatable bonds is 9. The summed E-state index contributed by atoms with van der Waals surface area (Å²) < 4.78 is 0. The minimum atomic E-state index is 0.110. The summed E-state index contributed by atoms with van der Waals surface area (Å²) in [5, 5.41) is 9.26. The Morgan fingerprint density at radius 3 is 2.48 bits per heavy atom. The third-order valence-electron chi connectivity index (χ3n) is 4.42. The van der Waals surface area contributed by atoms with E-state index in [1.807, 2.05) is 11.8 Å². The van der Waals surface area contributed by atoms with Gasteiger partial charge in [-0.15, -0.1) is 0 Å². The predicted octanol–water partition coefficient (Wildman–Crippen LogP) is 2.78. The fourth-order valence-electron chi connectivity index (χ4n) is 3.19. The molecule has 0 radical (unpaired) electrons. The Morgan fingerprint density at radius 1 is 1.29 bits per heavy atom. The molecule has 0 saturated carbocycles. The average Bonchev–Trinajstić information content (AvgIpc) is 2.50. The minimum absolute atomic E-state index is 0.110. The fourth-order valence-corrected chi connectivity index (χ4v) is 3.19. The summed E-state index contributed by atoms with van der Waals surface area (Å²) in [5.41, 5.74) is 1.20. The Kier molecular flexibility index (Phi) is 8.62. The number of hydrogen-bond donors (Lipinski definition) is 1. The van der Waals surface area contributed by atoms with Gasteiger partial charge in [0.1, 0.15) is 0 Å². The first-order valence-corrected chi connectivity index (χ1v) is 8.52. The minimum Gasteiger partial charge on any atom is -0.395 e. The van der Waals surface area contributed by atoms with Crippen LogP contribution in [0.4, 0.5) is 0 Å². The molecule has 0 aromatic heterocycles. The van der Waals surface area contributed by atoms with Crippen LogP contribution in [-0.2, 0) is 4.79 Å². The lowest BCUT2D eigenvalue weighted by atomic mass is 10.0. The van der Waals surface area contributed by atoms with Crippen molar-refractivity contribution in [3.63, 3.8) is 0 Å². The van der Waals surface area contributed by atoms with Crippen LogP contribution in [0.5, 0.6) is 0 Å². The van der Waals surface area contributed by atoms with Gasteiger partial charge >= 0.3 is 0 Å². The van der Waals surface area contributed by atoms with Crippen molar-refractivity contribution in [2.45, 2.75) is 65.3 Å². The van der Waals surface area contributed by atoms with Crippen LogP contribution in [0.3, 0.4) is 0 Å². The first-order chi connectivity index (χ1) is 10.2. The van der Waals surface area contributed by atoms with Crippen LogP contribution in [0.1, 0.15) is 59.3 Å². The van der Waals surface area contributed by atoms with Gasteiger partial charge in [-0.1, -0.05) is 19.9 Å². The van der Waals surface area contributed by atoms with Crippen molar-refractivity contribution in [3.05, 3.63) is 11.8 Å². The number of aliphatic hydroxyl groups is 1. The molecule has 0 bridgehead atoms. The number of allylic oxidation sites excluding steroid dienone is 2. The van der Waals surface area contributed by atoms with Crippen LogP contribution in [0.25, 0.3) is 0 Å². The maximum atomic E-state index is 12.7. The second kappa shape index (κ2) is 9.96. The summed E-state index contributed by atoms with van der Waals surface area (Å²) in [5.74, 6) is 0.172. The summed E-state index contributed by atoms with van der Waals surface area (Å²) in [7, 11) is 0. The van der Waals surface area contributed by atoms with E-state index in [-0.39, 0.29) is 12.5 Å². The summed E-state index contributed by atoms with van der Waals surface area (Å²) >= 11 is 0. The van der Waals surface area contributed by atoms with E-state index in [1.165, 1.54) is 18.5 Å². The Labute approximate surface area is 129 Å². The lowest BCUT2D eigenvalue weighted by molar-refractivity contribution is -0.131. The summed E-state index contributed by atoms with van der Waals surface area (Å²) in [6.45, 7) is 8.17. The summed E-state index contributed by atoms with van der Waals surface area (Å²) in [6, 6.07) is 0.375. The third-order valence-corrected chi connectivity index (χ3v) is 4.42. The van der Waals surface area contributed by atoms with Crippen molar-refractivity contribution in [2.24, 2.45) is 0 Å². The van der Waals surface area contributed by atoms with Gasteiger partial charge in [0.2, 0.25) is 5.91 Å². The molecule has 0 aliphatic heterocycles. The standard InChI is InChI=1S/C17H32N2O2/c1-4-15(5-2)18(12-13-20)14-17(21)19(6-3)16-10-8-7-9-11-16/h10,15,20H,4-9,11-14H2,1-3H3. The quantitative estimate of drug-likeness (QED) is 0.711. The Bertz CT molecular complexity index is 338.